The first-order valence-corrected chi connectivity index (χ1v) is 9.91. The van der Waals surface area contributed by atoms with Crippen molar-refractivity contribution in [3.63, 3.8) is 0 Å². The van der Waals surface area contributed by atoms with Crippen molar-refractivity contribution in [1.82, 2.24) is 0 Å². The van der Waals surface area contributed by atoms with E-state index in [1.54, 1.807) is 13.0 Å². The van der Waals surface area contributed by atoms with Crippen LogP contribution in [0.2, 0.25) is 0 Å². The molecule has 0 bridgehead atoms. The first kappa shape index (κ1) is 20.6. The van der Waals surface area contributed by atoms with Crippen LogP contribution >= 0.6 is 0 Å². The molecule has 2 aromatic rings. The second kappa shape index (κ2) is 9.37. The quantitative estimate of drug-likeness (QED) is 0.534. The number of benzene rings is 2. The molecule has 0 amide bonds. The summed E-state index contributed by atoms with van der Waals surface area (Å²) in [5.41, 5.74) is 4.10. The lowest BCUT2D eigenvalue weighted by Gasteiger charge is -2.28. The number of rotatable bonds is 6. The fourth-order valence-electron chi connectivity index (χ4n) is 3.63. The summed E-state index contributed by atoms with van der Waals surface area (Å²) in [6.07, 6.45) is 6.18. The van der Waals surface area contributed by atoms with Crippen molar-refractivity contribution in [3.8, 4) is 0 Å². The van der Waals surface area contributed by atoms with Gasteiger partial charge < -0.3 is 9.64 Å². The largest absolute Gasteiger partial charge is 0.465 e. The third kappa shape index (κ3) is 5.02. The highest BCUT2D eigenvalue weighted by Gasteiger charge is 2.38. The summed E-state index contributed by atoms with van der Waals surface area (Å²) in [4.78, 5) is 27.3. The number of anilines is 1. The van der Waals surface area contributed by atoms with Gasteiger partial charge in [0.05, 0.1) is 6.61 Å². The molecule has 2 aromatic carbocycles. The number of ether oxygens (including phenoxy) is 1. The smallest absolute Gasteiger partial charge is 0.317 e. The molecular formula is C25H27NO3. The molecular weight excluding hydrogens is 362 g/mol. The van der Waals surface area contributed by atoms with Gasteiger partial charge >= 0.3 is 5.97 Å². The molecule has 4 heteroatoms. The van der Waals surface area contributed by atoms with Gasteiger partial charge in [-0.3, -0.25) is 9.59 Å². The molecule has 2 atom stereocenters. The molecule has 0 aromatic heterocycles. The zero-order valence-corrected chi connectivity index (χ0v) is 17.2. The van der Waals surface area contributed by atoms with E-state index in [9.17, 15) is 9.59 Å². The van der Waals surface area contributed by atoms with Gasteiger partial charge in [-0.25, -0.2) is 0 Å². The predicted molar refractivity (Wildman–Crippen MR) is 117 cm³/mol. The SMILES string of the molecule is CCOC(=O)C1C(=O)C=C(/C=C/c2ccc(N(C)C)cc2)CC1c1ccccc1. The van der Waals surface area contributed by atoms with Crippen LogP contribution < -0.4 is 4.90 Å². The lowest BCUT2D eigenvalue weighted by Crippen LogP contribution is -2.34. The molecule has 3 rings (SSSR count). The van der Waals surface area contributed by atoms with Crippen LogP contribution in [0, 0.1) is 5.92 Å². The molecule has 0 saturated carbocycles. The summed E-state index contributed by atoms with van der Waals surface area (Å²) >= 11 is 0. The summed E-state index contributed by atoms with van der Waals surface area (Å²) < 4.78 is 5.19. The zero-order chi connectivity index (χ0) is 20.8. The molecule has 2 unspecified atom stereocenters. The van der Waals surface area contributed by atoms with Gasteiger partial charge in [-0.2, -0.15) is 0 Å². The number of carbonyl (C=O) groups excluding carboxylic acids is 2. The molecule has 0 aliphatic heterocycles. The lowest BCUT2D eigenvalue weighted by atomic mass is 9.75. The maximum absolute atomic E-state index is 12.8. The second-order valence-electron chi connectivity index (χ2n) is 7.39. The fraction of sp³-hybridized carbons (Fsp3) is 0.280. The second-order valence-corrected chi connectivity index (χ2v) is 7.39. The van der Waals surface area contributed by atoms with Crippen molar-refractivity contribution in [3.05, 3.63) is 83.4 Å². The Hall–Kier alpha value is -3.14. The molecule has 0 radical (unpaired) electrons. The summed E-state index contributed by atoms with van der Waals surface area (Å²) in [6.45, 7) is 2.03. The van der Waals surface area contributed by atoms with Gasteiger partial charge in [-0.05, 0) is 48.3 Å². The standard InChI is InChI=1S/C25H27NO3/c1-4-29-25(28)24-22(20-8-6-5-7-9-20)16-19(17-23(24)27)11-10-18-12-14-21(15-13-18)26(2)3/h5-15,17,22,24H,4,16H2,1-3H3/b11-10+. The highest BCUT2D eigenvalue weighted by Crippen LogP contribution is 2.37. The molecule has 0 heterocycles. The molecule has 29 heavy (non-hydrogen) atoms. The van der Waals surface area contributed by atoms with Gasteiger partial charge in [0.2, 0.25) is 0 Å². The number of hydrogen-bond donors (Lipinski definition) is 0. The average molecular weight is 389 g/mol. The van der Waals surface area contributed by atoms with Crippen LogP contribution in [0.4, 0.5) is 5.69 Å². The predicted octanol–water partition coefficient (Wildman–Crippen LogP) is 4.63. The lowest BCUT2D eigenvalue weighted by molar-refractivity contribution is -0.151. The van der Waals surface area contributed by atoms with Crippen LogP contribution in [-0.2, 0) is 14.3 Å². The Labute approximate surface area is 172 Å². The minimum absolute atomic E-state index is 0.189. The van der Waals surface area contributed by atoms with Crippen LogP contribution in [-0.4, -0.2) is 32.5 Å². The van der Waals surface area contributed by atoms with Crippen molar-refractivity contribution < 1.29 is 14.3 Å². The van der Waals surface area contributed by atoms with E-state index < -0.39 is 11.9 Å². The summed E-state index contributed by atoms with van der Waals surface area (Å²) in [7, 11) is 4.01. The van der Waals surface area contributed by atoms with E-state index in [4.69, 9.17) is 4.74 Å². The Morgan fingerprint density at radius 1 is 1.07 bits per heavy atom. The molecule has 1 aliphatic rings. The van der Waals surface area contributed by atoms with E-state index in [1.165, 1.54) is 0 Å². The van der Waals surface area contributed by atoms with Gasteiger partial charge in [0.25, 0.3) is 0 Å². The fourth-order valence-corrected chi connectivity index (χ4v) is 3.63. The first-order valence-electron chi connectivity index (χ1n) is 9.91. The summed E-state index contributed by atoms with van der Waals surface area (Å²) in [5.74, 6) is -1.63. The normalized spacial score (nSPS) is 19.1. The van der Waals surface area contributed by atoms with Crippen molar-refractivity contribution in [2.45, 2.75) is 19.3 Å². The molecule has 1 aliphatic carbocycles. The monoisotopic (exact) mass is 389 g/mol. The Kier molecular flexibility index (Phi) is 6.65. The van der Waals surface area contributed by atoms with E-state index in [2.05, 4.69) is 17.0 Å². The molecule has 4 nitrogen and oxygen atoms in total. The number of carbonyl (C=O) groups is 2. The topological polar surface area (TPSA) is 46.6 Å². The van der Waals surface area contributed by atoms with Crippen molar-refractivity contribution in [2.24, 2.45) is 5.92 Å². The van der Waals surface area contributed by atoms with E-state index in [1.807, 2.05) is 68.7 Å². The van der Waals surface area contributed by atoms with Crippen LogP contribution in [0.1, 0.15) is 30.4 Å². The maximum Gasteiger partial charge on any atom is 0.317 e. The summed E-state index contributed by atoms with van der Waals surface area (Å²) in [6, 6.07) is 18.0. The number of allylic oxidation sites excluding steroid dienone is 3. The third-order valence-electron chi connectivity index (χ3n) is 5.16. The minimum atomic E-state index is -0.783. The highest BCUT2D eigenvalue weighted by molar-refractivity contribution is 6.07. The average Bonchev–Trinajstić information content (AvgIpc) is 2.73. The minimum Gasteiger partial charge on any atom is -0.465 e. The molecule has 0 spiro atoms. The first-order chi connectivity index (χ1) is 14.0. The van der Waals surface area contributed by atoms with E-state index >= 15 is 0 Å². The van der Waals surface area contributed by atoms with Crippen LogP contribution in [0.25, 0.3) is 6.08 Å². The highest BCUT2D eigenvalue weighted by atomic mass is 16.5. The molecule has 0 saturated heterocycles. The Morgan fingerprint density at radius 2 is 1.76 bits per heavy atom. The van der Waals surface area contributed by atoms with Crippen LogP contribution in [0.15, 0.2) is 72.3 Å². The number of ketones is 1. The molecule has 0 N–H and O–H groups in total. The third-order valence-corrected chi connectivity index (χ3v) is 5.16. The Morgan fingerprint density at radius 3 is 2.38 bits per heavy atom. The van der Waals surface area contributed by atoms with Crippen LogP contribution in [0.3, 0.4) is 0 Å². The zero-order valence-electron chi connectivity index (χ0n) is 17.2. The summed E-state index contributed by atoms with van der Waals surface area (Å²) in [5, 5.41) is 0. The number of nitrogens with zero attached hydrogens (tertiary/aromatic N) is 1. The van der Waals surface area contributed by atoms with Gasteiger partial charge in [-0.1, -0.05) is 54.6 Å². The maximum atomic E-state index is 12.8. The number of esters is 1. The number of hydrogen-bond acceptors (Lipinski definition) is 4. The van der Waals surface area contributed by atoms with E-state index in [0.29, 0.717) is 6.42 Å². The Bertz CT molecular complexity index is 911. The van der Waals surface area contributed by atoms with Crippen molar-refractivity contribution >= 4 is 23.5 Å². The molecule has 150 valence electrons. The van der Waals surface area contributed by atoms with Crippen LogP contribution in [0.5, 0.6) is 0 Å². The molecule has 0 fully saturated rings. The van der Waals surface area contributed by atoms with Gasteiger partial charge in [0.15, 0.2) is 5.78 Å². The van der Waals surface area contributed by atoms with Crippen molar-refractivity contribution in [1.29, 1.82) is 0 Å². The van der Waals surface area contributed by atoms with E-state index in [0.717, 1.165) is 22.4 Å². The van der Waals surface area contributed by atoms with Crippen molar-refractivity contribution in [2.75, 3.05) is 25.6 Å². The van der Waals surface area contributed by atoms with Gasteiger partial charge in [0.1, 0.15) is 5.92 Å². The van der Waals surface area contributed by atoms with Gasteiger partial charge in [0, 0.05) is 25.7 Å². The van der Waals surface area contributed by atoms with E-state index in [-0.39, 0.29) is 18.3 Å². The Balaban J connectivity index is 1.85. The van der Waals surface area contributed by atoms with Gasteiger partial charge in [-0.15, -0.1) is 0 Å².